The fraction of sp³-hybridized carbons (Fsp3) is 0.136. The molecule has 2 aromatic carbocycles. The Balaban J connectivity index is 1.47. The molecule has 1 N–H and O–H groups in total. The van der Waals surface area contributed by atoms with Crippen molar-refractivity contribution in [1.82, 2.24) is 15.3 Å². The Morgan fingerprint density at radius 1 is 0.963 bits per heavy atom. The van der Waals surface area contributed by atoms with Crippen molar-refractivity contribution in [2.24, 2.45) is 0 Å². The van der Waals surface area contributed by atoms with Gasteiger partial charge in [0, 0.05) is 19.0 Å². The highest BCUT2D eigenvalue weighted by atomic mass is 32.1. The van der Waals surface area contributed by atoms with Gasteiger partial charge in [0.1, 0.15) is 0 Å². The van der Waals surface area contributed by atoms with Crippen LogP contribution in [0.5, 0.6) is 0 Å². The molecule has 1 atom stereocenters. The summed E-state index contributed by atoms with van der Waals surface area (Å²) in [4.78, 5) is 21.7. The summed E-state index contributed by atoms with van der Waals surface area (Å²) in [6, 6.07) is 23.5. The summed E-state index contributed by atoms with van der Waals surface area (Å²) in [6.45, 7) is 0. The summed E-state index contributed by atoms with van der Waals surface area (Å²) < 4.78 is 1.16. The lowest BCUT2D eigenvalue weighted by molar-refractivity contribution is -0.121. The molecule has 0 saturated carbocycles. The Morgan fingerprint density at radius 2 is 1.74 bits per heavy atom. The number of amides is 1. The van der Waals surface area contributed by atoms with Crippen molar-refractivity contribution in [2.75, 3.05) is 0 Å². The zero-order valence-corrected chi connectivity index (χ0v) is 15.5. The molecule has 2 aromatic heterocycles. The lowest BCUT2D eigenvalue weighted by atomic mass is 10.0. The number of pyridine rings is 1. The van der Waals surface area contributed by atoms with E-state index < -0.39 is 0 Å². The van der Waals surface area contributed by atoms with Crippen LogP contribution in [0, 0.1) is 0 Å². The zero-order chi connectivity index (χ0) is 18.5. The standard InChI is InChI=1S/C22H19N3OS/c26-20(13-14-21-24-17-10-4-5-12-19(17)27-21)25-22(16-8-2-1-3-9-16)18-11-6-7-15-23-18/h1-12,15,22H,13-14H2,(H,25,26). The number of benzene rings is 2. The number of hydrogen-bond donors (Lipinski definition) is 1. The maximum absolute atomic E-state index is 12.6. The Morgan fingerprint density at radius 3 is 2.52 bits per heavy atom. The Labute approximate surface area is 161 Å². The molecule has 1 unspecified atom stereocenters. The topological polar surface area (TPSA) is 54.9 Å². The number of carbonyl (C=O) groups excluding carboxylic acids is 1. The van der Waals surface area contributed by atoms with Gasteiger partial charge in [-0.05, 0) is 29.8 Å². The second-order valence-corrected chi connectivity index (χ2v) is 7.36. The van der Waals surface area contributed by atoms with Gasteiger partial charge in [0.25, 0.3) is 0 Å². The van der Waals surface area contributed by atoms with Gasteiger partial charge < -0.3 is 5.32 Å². The minimum atomic E-state index is -0.254. The Hall–Kier alpha value is -3.05. The molecule has 0 fully saturated rings. The van der Waals surface area contributed by atoms with Crippen LogP contribution in [0.3, 0.4) is 0 Å². The first-order chi connectivity index (χ1) is 13.3. The molecular formula is C22H19N3OS. The molecule has 0 radical (unpaired) electrons. The van der Waals surface area contributed by atoms with E-state index in [0.717, 1.165) is 26.5 Å². The fourth-order valence-electron chi connectivity index (χ4n) is 3.00. The van der Waals surface area contributed by atoms with Crippen LogP contribution >= 0.6 is 11.3 Å². The molecule has 5 heteroatoms. The third kappa shape index (κ3) is 4.20. The van der Waals surface area contributed by atoms with Crippen LogP contribution in [0.1, 0.15) is 28.7 Å². The summed E-state index contributed by atoms with van der Waals surface area (Å²) in [6.07, 6.45) is 2.78. The van der Waals surface area contributed by atoms with Gasteiger partial charge in [-0.1, -0.05) is 48.5 Å². The second kappa shape index (κ2) is 8.10. The predicted octanol–water partition coefficient (Wildman–Crippen LogP) is 4.53. The quantitative estimate of drug-likeness (QED) is 0.540. The average molecular weight is 373 g/mol. The number of nitrogens with one attached hydrogen (secondary N) is 1. The van der Waals surface area contributed by atoms with Crippen molar-refractivity contribution >= 4 is 27.5 Å². The second-order valence-electron chi connectivity index (χ2n) is 6.24. The van der Waals surface area contributed by atoms with E-state index in [1.165, 1.54) is 0 Å². The highest BCUT2D eigenvalue weighted by Crippen LogP contribution is 2.23. The zero-order valence-electron chi connectivity index (χ0n) is 14.7. The minimum absolute atomic E-state index is 0.00578. The lowest BCUT2D eigenvalue weighted by Gasteiger charge is -2.18. The third-order valence-electron chi connectivity index (χ3n) is 4.33. The summed E-state index contributed by atoms with van der Waals surface area (Å²) >= 11 is 1.65. The van der Waals surface area contributed by atoms with E-state index in [1.54, 1.807) is 17.5 Å². The number of thiazole rings is 1. The fourth-order valence-corrected chi connectivity index (χ4v) is 3.97. The number of nitrogens with zero attached hydrogens (tertiary/aromatic N) is 2. The number of aryl methyl sites for hydroxylation is 1. The first-order valence-electron chi connectivity index (χ1n) is 8.89. The van der Waals surface area contributed by atoms with Crippen LogP contribution in [0.15, 0.2) is 79.0 Å². The maximum Gasteiger partial charge on any atom is 0.221 e. The molecule has 4 rings (SSSR count). The number of rotatable bonds is 6. The van der Waals surface area contributed by atoms with E-state index in [9.17, 15) is 4.79 Å². The summed E-state index contributed by atoms with van der Waals surface area (Å²) in [5.74, 6) is -0.00578. The van der Waals surface area contributed by atoms with Crippen molar-refractivity contribution < 1.29 is 4.79 Å². The highest BCUT2D eigenvalue weighted by Gasteiger charge is 2.18. The van der Waals surface area contributed by atoms with Crippen molar-refractivity contribution in [1.29, 1.82) is 0 Å². The Kier molecular flexibility index (Phi) is 5.21. The van der Waals surface area contributed by atoms with Gasteiger partial charge in [-0.3, -0.25) is 9.78 Å². The molecule has 0 spiro atoms. The maximum atomic E-state index is 12.6. The normalized spacial score (nSPS) is 12.0. The van der Waals surface area contributed by atoms with Crippen LogP contribution in [-0.2, 0) is 11.2 Å². The molecule has 27 heavy (non-hydrogen) atoms. The largest absolute Gasteiger partial charge is 0.344 e. The van der Waals surface area contributed by atoms with Gasteiger partial charge in [0.05, 0.1) is 27.0 Å². The van der Waals surface area contributed by atoms with Gasteiger partial charge in [0.15, 0.2) is 0 Å². The predicted molar refractivity (Wildman–Crippen MR) is 109 cm³/mol. The van der Waals surface area contributed by atoms with Gasteiger partial charge in [-0.15, -0.1) is 11.3 Å². The van der Waals surface area contributed by atoms with E-state index in [-0.39, 0.29) is 11.9 Å². The molecule has 0 aliphatic rings. The molecule has 0 saturated heterocycles. The SMILES string of the molecule is O=C(CCc1nc2ccccc2s1)NC(c1ccccc1)c1ccccn1. The molecule has 0 bridgehead atoms. The van der Waals surface area contributed by atoms with E-state index in [0.29, 0.717) is 12.8 Å². The Bertz CT molecular complexity index is 959. The minimum Gasteiger partial charge on any atom is -0.344 e. The molecular weight excluding hydrogens is 354 g/mol. The van der Waals surface area contributed by atoms with Crippen molar-refractivity contribution in [3.05, 3.63) is 95.3 Å². The lowest BCUT2D eigenvalue weighted by Crippen LogP contribution is -2.30. The van der Waals surface area contributed by atoms with E-state index >= 15 is 0 Å². The number of fused-ring (bicyclic) bond motifs is 1. The van der Waals surface area contributed by atoms with Crippen molar-refractivity contribution in [3.63, 3.8) is 0 Å². The van der Waals surface area contributed by atoms with Gasteiger partial charge in [-0.25, -0.2) is 4.98 Å². The molecule has 2 heterocycles. The molecule has 4 aromatic rings. The van der Waals surface area contributed by atoms with Gasteiger partial charge in [0.2, 0.25) is 5.91 Å². The molecule has 4 nitrogen and oxygen atoms in total. The van der Waals surface area contributed by atoms with Gasteiger partial charge >= 0.3 is 0 Å². The first-order valence-corrected chi connectivity index (χ1v) is 9.71. The van der Waals surface area contributed by atoms with Crippen LogP contribution < -0.4 is 5.32 Å². The average Bonchev–Trinajstić information content (AvgIpc) is 3.15. The monoisotopic (exact) mass is 373 g/mol. The molecule has 134 valence electrons. The van der Waals surface area contributed by atoms with E-state index in [1.807, 2.05) is 66.7 Å². The highest BCUT2D eigenvalue weighted by molar-refractivity contribution is 7.18. The van der Waals surface area contributed by atoms with Crippen molar-refractivity contribution in [3.8, 4) is 0 Å². The summed E-state index contributed by atoms with van der Waals surface area (Å²) in [5.41, 5.74) is 2.84. The van der Waals surface area contributed by atoms with Crippen molar-refractivity contribution in [2.45, 2.75) is 18.9 Å². The van der Waals surface area contributed by atoms with Gasteiger partial charge in [-0.2, -0.15) is 0 Å². The van der Waals surface area contributed by atoms with Crippen LogP contribution in [0.2, 0.25) is 0 Å². The summed E-state index contributed by atoms with van der Waals surface area (Å²) in [7, 11) is 0. The third-order valence-corrected chi connectivity index (χ3v) is 5.42. The van der Waals surface area contributed by atoms with E-state index in [4.69, 9.17) is 0 Å². The number of hydrogen-bond acceptors (Lipinski definition) is 4. The number of aromatic nitrogens is 2. The number of carbonyl (C=O) groups is 1. The van der Waals surface area contributed by atoms with Crippen LogP contribution in [0.25, 0.3) is 10.2 Å². The molecule has 1 amide bonds. The smallest absolute Gasteiger partial charge is 0.221 e. The van der Waals surface area contributed by atoms with Crippen LogP contribution in [-0.4, -0.2) is 15.9 Å². The summed E-state index contributed by atoms with van der Waals surface area (Å²) in [5, 5.41) is 4.12. The number of para-hydroxylation sites is 1. The molecule has 0 aliphatic carbocycles. The van der Waals surface area contributed by atoms with Crippen LogP contribution in [0.4, 0.5) is 0 Å². The first kappa shape index (κ1) is 17.4. The van der Waals surface area contributed by atoms with E-state index in [2.05, 4.69) is 21.4 Å². The molecule has 0 aliphatic heterocycles.